The molecule has 0 spiro atoms. The Morgan fingerprint density at radius 3 is 1.52 bits per heavy atom. The zero-order valence-corrected chi connectivity index (χ0v) is 18.2. The van der Waals surface area contributed by atoms with Gasteiger partial charge in [-0.05, 0) is 6.42 Å². The zero-order valence-electron chi connectivity index (χ0n) is 17.3. The highest BCUT2D eigenvalue weighted by Crippen LogP contribution is 2.13. The predicted molar refractivity (Wildman–Crippen MR) is 115 cm³/mol. The van der Waals surface area contributed by atoms with Crippen LogP contribution in [0.1, 0.15) is 110 Å². The lowest BCUT2D eigenvalue weighted by Gasteiger charge is -2.08. The van der Waals surface area contributed by atoms with E-state index in [1.165, 1.54) is 83.5 Å². The Kier molecular flexibility index (Phi) is 22.6. The Morgan fingerprint density at radius 1 is 0.778 bits per heavy atom. The molecule has 0 aromatic rings. The molecule has 6 heteroatoms. The molecule has 0 bridgehead atoms. The van der Waals surface area contributed by atoms with Crippen LogP contribution in [0.5, 0.6) is 0 Å². The van der Waals surface area contributed by atoms with Gasteiger partial charge in [-0.1, -0.05) is 96.8 Å². The van der Waals surface area contributed by atoms with Crippen LogP contribution < -0.4 is 11.1 Å². The van der Waals surface area contributed by atoms with Crippen LogP contribution in [0.2, 0.25) is 0 Å². The van der Waals surface area contributed by atoms with E-state index in [4.69, 9.17) is 10.8 Å². The highest BCUT2D eigenvalue weighted by Gasteiger charge is 2.12. The highest BCUT2D eigenvalue weighted by molar-refractivity contribution is 5.85. The van der Waals surface area contributed by atoms with Crippen molar-refractivity contribution in [1.82, 2.24) is 5.32 Å². The zero-order chi connectivity index (χ0) is 19.5. The van der Waals surface area contributed by atoms with Gasteiger partial charge in [0.2, 0.25) is 5.91 Å². The molecule has 0 heterocycles. The van der Waals surface area contributed by atoms with Crippen molar-refractivity contribution in [2.75, 3.05) is 6.54 Å². The topological polar surface area (TPSA) is 92.4 Å². The number of halogens is 1. The standard InChI is InChI=1S/C21H42N2O3.ClH/c1-2-3-4-5-6-7-8-9-10-11-12-13-14-15-16-17-20(24)23-18-19(22)21(25)26;/h19H,2-18,22H2,1H3,(H,23,24)(H,25,26);1H/t19-;/m0./s1. The van der Waals surface area contributed by atoms with E-state index in [1.807, 2.05) is 0 Å². The second-order valence-corrected chi connectivity index (χ2v) is 7.45. The Hall–Kier alpha value is -0.810. The first-order valence-electron chi connectivity index (χ1n) is 10.8. The number of carboxylic acids is 1. The Bertz CT molecular complexity index is 354. The van der Waals surface area contributed by atoms with Gasteiger partial charge in [0.1, 0.15) is 6.04 Å². The van der Waals surface area contributed by atoms with Crippen LogP contribution in [0.15, 0.2) is 0 Å². The summed E-state index contributed by atoms with van der Waals surface area (Å²) in [6.45, 7) is 2.27. The van der Waals surface area contributed by atoms with E-state index in [0.717, 1.165) is 12.8 Å². The first-order valence-corrected chi connectivity index (χ1v) is 10.8. The monoisotopic (exact) mass is 406 g/mol. The molecule has 5 nitrogen and oxygen atoms in total. The van der Waals surface area contributed by atoms with Crippen LogP contribution in [-0.2, 0) is 9.59 Å². The van der Waals surface area contributed by atoms with Gasteiger partial charge in [0, 0.05) is 13.0 Å². The Morgan fingerprint density at radius 2 is 1.15 bits per heavy atom. The van der Waals surface area contributed by atoms with Crippen molar-refractivity contribution in [3.8, 4) is 0 Å². The number of aliphatic carboxylic acids is 1. The van der Waals surface area contributed by atoms with Gasteiger partial charge in [-0.15, -0.1) is 12.4 Å². The number of hydrogen-bond acceptors (Lipinski definition) is 3. The van der Waals surface area contributed by atoms with Crippen molar-refractivity contribution in [3.05, 3.63) is 0 Å². The van der Waals surface area contributed by atoms with Crippen LogP contribution >= 0.6 is 12.4 Å². The third-order valence-electron chi connectivity index (χ3n) is 4.84. The van der Waals surface area contributed by atoms with Crippen molar-refractivity contribution in [2.45, 2.75) is 116 Å². The van der Waals surface area contributed by atoms with Gasteiger partial charge < -0.3 is 16.2 Å². The van der Waals surface area contributed by atoms with Gasteiger partial charge in [-0.25, -0.2) is 0 Å². The summed E-state index contributed by atoms with van der Waals surface area (Å²) in [4.78, 5) is 22.1. The van der Waals surface area contributed by atoms with Crippen LogP contribution in [0.4, 0.5) is 0 Å². The number of carbonyl (C=O) groups is 2. The molecule has 1 amide bonds. The molecule has 27 heavy (non-hydrogen) atoms. The summed E-state index contributed by atoms with van der Waals surface area (Å²) in [5.74, 6) is -1.19. The molecule has 0 fully saturated rings. The number of rotatable bonds is 19. The van der Waals surface area contributed by atoms with E-state index in [0.29, 0.717) is 6.42 Å². The number of carbonyl (C=O) groups excluding carboxylic acids is 1. The summed E-state index contributed by atoms with van der Waals surface area (Å²) < 4.78 is 0. The fourth-order valence-electron chi connectivity index (χ4n) is 3.06. The fraction of sp³-hybridized carbons (Fsp3) is 0.905. The Balaban J connectivity index is 0. The molecule has 0 unspecified atom stereocenters. The quantitative estimate of drug-likeness (QED) is 0.257. The summed E-state index contributed by atoms with van der Waals surface area (Å²) in [5, 5.41) is 11.2. The normalized spacial score (nSPS) is 11.6. The maximum atomic E-state index is 11.5. The summed E-state index contributed by atoms with van der Waals surface area (Å²) in [7, 11) is 0. The average molecular weight is 407 g/mol. The maximum absolute atomic E-state index is 11.5. The lowest BCUT2D eigenvalue weighted by molar-refractivity contribution is -0.138. The molecule has 0 aliphatic heterocycles. The number of unbranched alkanes of at least 4 members (excludes halogenated alkanes) is 14. The fourth-order valence-corrected chi connectivity index (χ4v) is 3.06. The van der Waals surface area contributed by atoms with Crippen molar-refractivity contribution >= 4 is 24.3 Å². The molecule has 162 valence electrons. The van der Waals surface area contributed by atoms with E-state index >= 15 is 0 Å². The minimum absolute atomic E-state index is 0. The second kappa shape index (κ2) is 21.5. The molecule has 0 aliphatic rings. The molecular weight excluding hydrogens is 364 g/mol. The molecule has 0 rings (SSSR count). The third-order valence-corrected chi connectivity index (χ3v) is 4.84. The molecular formula is C21H43ClN2O3. The number of nitrogens with one attached hydrogen (secondary N) is 1. The van der Waals surface area contributed by atoms with Crippen LogP contribution in [0.3, 0.4) is 0 Å². The van der Waals surface area contributed by atoms with E-state index in [1.54, 1.807) is 0 Å². The van der Waals surface area contributed by atoms with E-state index in [-0.39, 0.29) is 24.9 Å². The minimum Gasteiger partial charge on any atom is -0.480 e. The minimum atomic E-state index is -1.09. The van der Waals surface area contributed by atoms with Crippen molar-refractivity contribution in [3.63, 3.8) is 0 Å². The average Bonchev–Trinajstić information content (AvgIpc) is 2.62. The smallest absolute Gasteiger partial charge is 0.322 e. The molecule has 0 aromatic heterocycles. The molecule has 1 atom stereocenters. The lowest BCUT2D eigenvalue weighted by Crippen LogP contribution is -2.42. The maximum Gasteiger partial charge on any atom is 0.322 e. The van der Waals surface area contributed by atoms with E-state index < -0.39 is 12.0 Å². The lowest BCUT2D eigenvalue weighted by atomic mass is 10.0. The number of carboxylic acid groups (broad SMARTS) is 1. The van der Waals surface area contributed by atoms with Crippen molar-refractivity contribution in [1.29, 1.82) is 0 Å². The largest absolute Gasteiger partial charge is 0.480 e. The van der Waals surface area contributed by atoms with Gasteiger partial charge in [-0.2, -0.15) is 0 Å². The van der Waals surface area contributed by atoms with Crippen LogP contribution in [0.25, 0.3) is 0 Å². The van der Waals surface area contributed by atoms with E-state index in [9.17, 15) is 9.59 Å². The van der Waals surface area contributed by atoms with E-state index in [2.05, 4.69) is 12.2 Å². The predicted octanol–water partition coefficient (Wildman–Crippen LogP) is 5.20. The van der Waals surface area contributed by atoms with Gasteiger partial charge in [0.05, 0.1) is 0 Å². The second-order valence-electron chi connectivity index (χ2n) is 7.45. The summed E-state index contributed by atoms with van der Waals surface area (Å²) in [5.41, 5.74) is 5.34. The van der Waals surface area contributed by atoms with Gasteiger partial charge in [0.15, 0.2) is 0 Å². The first kappa shape index (κ1) is 28.4. The molecule has 0 saturated heterocycles. The Labute approximate surface area is 172 Å². The molecule has 4 N–H and O–H groups in total. The summed E-state index contributed by atoms with van der Waals surface area (Å²) in [6.07, 6.45) is 20.0. The van der Waals surface area contributed by atoms with Crippen molar-refractivity contribution < 1.29 is 14.7 Å². The summed E-state index contributed by atoms with van der Waals surface area (Å²) in [6, 6.07) is -1.01. The molecule has 0 radical (unpaired) electrons. The molecule has 0 aromatic carbocycles. The molecule has 0 saturated carbocycles. The van der Waals surface area contributed by atoms with Gasteiger partial charge >= 0.3 is 5.97 Å². The number of nitrogens with two attached hydrogens (primary N) is 1. The number of amides is 1. The highest BCUT2D eigenvalue weighted by atomic mass is 35.5. The number of hydrogen-bond donors (Lipinski definition) is 3. The van der Waals surface area contributed by atoms with Gasteiger partial charge in [0.25, 0.3) is 0 Å². The third kappa shape index (κ3) is 21.3. The van der Waals surface area contributed by atoms with Crippen LogP contribution in [-0.4, -0.2) is 29.6 Å². The van der Waals surface area contributed by atoms with Crippen LogP contribution in [0, 0.1) is 0 Å². The summed E-state index contributed by atoms with van der Waals surface area (Å²) >= 11 is 0. The molecule has 0 aliphatic carbocycles. The van der Waals surface area contributed by atoms with Gasteiger partial charge in [-0.3, -0.25) is 9.59 Å². The van der Waals surface area contributed by atoms with Crippen molar-refractivity contribution in [2.24, 2.45) is 5.73 Å². The SMILES string of the molecule is CCCCCCCCCCCCCCCCCC(=O)NC[C@H](N)C(=O)O.Cl. The first-order chi connectivity index (χ1) is 12.6.